The number of pyridine rings is 2. The van der Waals surface area contributed by atoms with Crippen molar-refractivity contribution in [1.82, 2.24) is 20.2 Å². The minimum atomic E-state index is -4.53. The summed E-state index contributed by atoms with van der Waals surface area (Å²) in [6, 6.07) is 5.76. The van der Waals surface area contributed by atoms with Gasteiger partial charge in [-0.25, -0.2) is 9.97 Å². The molecule has 1 unspecified atom stereocenters. The molecule has 1 aliphatic rings. The zero-order valence-corrected chi connectivity index (χ0v) is 13.1. The highest BCUT2D eigenvalue weighted by Crippen LogP contribution is 2.38. The van der Waals surface area contributed by atoms with Crippen LogP contribution in [0.5, 0.6) is 0 Å². The first-order valence-electron chi connectivity index (χ1n) is 7.82. The fraction of sp³-hybridized carbons (Fsp3) is 0.312. The van der Waals surface area contributed by atoms with Crippen LogP contribution in [0.4, 0.5) is 19.0 Å². The first-order valence-corrected chi connectivity index (χ1v) is 7.82. The summed E-state index contributed by atoms with van der Waals surface area (Å²) >= 11 is 0. The molecule has 0 saturated carbocycles. The summed E-state index contributed by atoms with van der Waals surface area (Å²) < 4.78 is 40.5. The van der Waals surface area contributed by atoms with Gasteiger partial charge in [0.2, 0.25) is 0 Å². The smallest absolute Gasteiger partial charge is 0.355 e. The lowest BCUT2D eigenvalue weighted by atomic mass is 10.1. The Kier molecular flexibility index (Phi) is 3.60. The van der Waals surface area contributed by atoms with Crippen LogP contribution in [0.2, 0.25) is 0 Å². The molecular weight excluding hydrogens is 333 g/mol. The van der Waals surface area contributed by atoms with E-state index < -0.39 is 11.7 Å². The van der Waals surface area contributed by atoms with E-state index >= 15 is 0 Å². The van der Waals surface area contributed by atoms with Gasteiger partial charge in [-0.3, -0.25) is 5.10 Å². The molecule has 1 aliphatic heterocycles. The Labute approximate surface area is 140 Å². The molecule has 0 aromatic carbocycles. The van der Waals surface area contributed by atoms with Gasteiger partial charge in [0.1, 0.15) is 17.2 Å². The molecule has 1 atom stereocenters. The van der Waals surface area contributed by atoms with Gasteiger partial charge in [-0.05, 0) is 30.7 Å². The van der Waals surface area contributed by atoms with E-state index in [0.29, 0.717) is 29.9 Å². The van der Waals surface area contributed by atoms with Crippen LogP contribution in [0.1, 0.15) is 12.0 Å². The number of fused-ring (bicyclic) bond motifs is 1. The number of H-pyrrole nitrogens is 1. The van der Waals surface area contributed by atoms with E-state index in [1.807, 2.05) is 4.90 Å². The lowest BCUT2D eigenvalue weighted by Crippen LogP contribution is -2.27. The van der Waals surface area contributed by atoms with Crippen molar-refractivity contribution in [2.45, 2.75) is 18.6 Å². The second-order valence-corrected chi connectivity index (χ2v) is 6.03. The molecule has 0 amide bonds. The van der Waals surface area contributed by atoms with Crippen molar-refractivity contribution in [2.24, 2.45) is 5.73 Å². The molecule has 3 N–H and O–H groups in total. The Morgan fingerprint density at radius 3 is 2.76 bits per heavy atom. The zero-order chi connectivity index (χ0) is 17.6. The topological polar surface area (TPSA) is 83.7 Å². The standard InChI is InChI=1S/C16H15F3N6/c17-16(18,19)11-3-4-12(25-7-5-9(20)8-25)22-14(11)13-10-2-1-6-21-15(10)24-23-13/h1-4,6,9H,5,7-8,20H2,(H,21,23,24). The van der Waals surface area contributed by atoms with Gasteiger partial charge in [-0.1, -0.05) is 0 Å². The van der Waals surface area contributed by atoms with E-state index in [-0.39, 0.29) is 17.4 Å². The molecule has 25 heavy (non-hydrogen) atoms. The molecule has 1 saturated heterocycles. The largest absolute Gasteiger partial charge is 0.418 e. The Balaban J connectivity index is 1.88. The molecule has 1 fully saturated rings. The van der Waals surface area contributed by atoms with E-state index in [9.17, 15) is 13.2 Å². The third-order valence-corrected chi connectivity index (χ3v) is 4.30. The summed E-state index contributed by atoms with van der Waals surface area (Å²) in [5.41, 5.74) is 5.42. The highest BCUT2D eigenvalue weighted by molar-refractivity contribution is 5.90. The monoisotopic (exact) mass is 348 g/mol. The van der Waals surface area contributed by atoms with E-state index in [0.717, 1.165) is 12.5 Å². The molecular formula is C16H15F3N6. The third-order valence-electron chi connectivity index (χ3n) is 4.30. The fourth-order valence-electron chi connectivity index (χ4n) is 3.06. The summed E-state index contributed by atoms with van der Waals surface area (Å²) in [5.74, 6) is 0.469. The van der Waals surface area contributed by atoms with E-state index in [1.165, 1.54) is 6.07 Å². The summed E-state index contributed by atoms with van der Waals surface area (Å²) in [6.45, 7) is 1.24. The molecule has 0 spiro atoms. The Morgan fingerprint density at radius 1 is 1.20 bits per heavy atom. The summed E-state index contributed by atoms with van der Waals surface area (Å²) in [5, 5.41) is 7.18. The summed E-state index contributed by atoms with van der Waals surface area (Å²) in [4.78, 5) is 10.3. The van der Waals surface area contributed by atoms with Crippen molar-refractivity contribution in [3.8, 4) is 11.4 Å². The molecule has 130 valence electrons. The number of nitrogens with zero attached hydrogens (tertiary/aromatic N) is 4. The van der Waals surface area contributed by atoms with Crippen LogP contribution in [0.25, 0.3) is 22.4 Å². The van der Waals surface area contributed by atoms with Gasteiger partial charge in [0.05, 0.1) is 5.56 Å². The third kappa shape index (κ3) is 2.80. The number of anilines is 1. The Bertz CT molecular complexity index is 920. The maximum atomic E-state index is 13.5. The van der Waals surface area contributed by atoms with Crippen LogP contribution in [-0.2, 0) is 6.18 Å². The number of alkyl halides is 3. The van der Waals surface area contributed by atoms with Gasteiger partial charge in [-0.15, -0.1) is 0 Å². The number of hydrogen-bond donors (Lipinski definition) is 2. The zero-order valence-electron chi connectivity index (χ0n) is 13.1. The summed E-state index contributed by atoms with van der Waals surface area (Å²) in [6.07, 6.45) is -2.20. The van der Waals surface area contributed by atoms with Crippen LogP contribution in [-0.4, -0.2) is 39.3 Å². The number of rotatable bonds is 2. The quantitative estimate of drug-likeness (QED) is 0.744. The molecule has 0 radical (unpaired) electrons. The molecule has 4 heterocycles. The van der Waals surface area contributed by atoms with Crippen molar-refractivity contribution in [1.29, 1.82) is 0 Å². The van der Waals surface area contributed by atoms with Crippen molar-refractivity contribution in [3.05, 3.63) is 36.0 Å². The molecule has 9 heteroatoms. The van der Waals surface area contributed by atoms with Gasteiger partial charge in [0.25, 0.3) is 0 Å². The summed E-state index contributed by atoms with van der Waals surface area (Å²) in [7, 11) is 0. The van der Waals surface area contributed by atoms with Crippen LogP contribution in [0.15, 0.2) is 30.5 Å². The first-order chi connectivity index (χ1) is 11.9. The van der Waals surface area contributed by atoms with E-state index in [2.05, 4.69) is 20.2 Å². The van der Waals surface area contributed by atoms with Gasteiger partial charge < -0.3 is 10.6 Å². The number of hydrogen-bond acceptors (Lipinski definition) is 5. The molecule has 3 aromatic heterocycles. The second kappa shape index (κ2) is 5.69. The predicted molar refractivity (Wildman–Crippen MR) is 86.9 cm³/mol. The molecule has 3 aromatic rings. The number of aromatic nitrogens is 4. The lowest BCUT2D eigenvalue weighted by Gasteiger charge is -2.19. The first kappa shape index (κ1) is 15.8. The highest BCUT2D eigenvalue weighted by Gasteiger charge is 2.36. The van der Waals surface area contributed by atoms with Crippen LogP contribution in [0, 0.1) is 0 Å². The lowest BCUT2D eigenvalue weighted by molar-refractivity contribution is -0.137. The average molecular weight is 348 g/mol. The van der Waals surface area contributed by atoms with Crippen molar-refractivity contribution < 1.29 is 13.2 Å². The van der Waals surface area contributed by atoms with E-state index in [4.69, 9.17) is 5.73 Å². The maximum Gasteiger partial charge on any atom is 0.418 e. The number of nitrogens with one attached hydrogen (secondary N) is 1. The highest BCUT2D eigenvalue weighted by atomic mass is 19.4. The minimum absolute atomic E-state index is 0.00274. The van der Waals surface area contributed by atoms with Crippen LogP contribution >= 0.6 is 0 Å². The molecule has 4 rings (SSSR count). The van der Waals surface area contributed by atoms with Crippen molar-refractivity contribution in [2.75, 3.05) is 18.0 Å². The molecule has 6 nitrogen and oxygen atoms in total. The van der Waals surface area contributed by atoms with Crippen molar-refractivity contribution >= 4 is 16.9 Å². The Morgan fingerprint density at radius 2 is 2.04 bits per heavy atom. The maximum absolute atomic E-state index is 13.5. The Hall–Kier alpha value is -2.68. The second-order valence-electron chi connectivity index (χ2n) is 6.03. The van der Waals surface area contributed by atoms with Crippen LogP contribution in [0.3, 0.4) is 0 Å². The van der Waals surface area contributed by atoms with Gasteiger partial charge >= 0.3 is 6.18 Å². The normalized spacial score (nSPS) is 18.2. The average Bonchev–Trinajstić information content (AvgIpc) is 3.19. The van der Waals surface area contributed by atoms with Gasteiger partial charge in [0, 0.05) is 30.7 Å². The SMILES string of the molecule is NC1CCN(c2ccc(C(F)(F)F)c(-c3n[nH]c4ncccc34)n2)C1. The van der Waals surface area contributed by atoms with Gasteiger partial charge in [-0.2, -0.15) is 18.3 Å². The predicted octanol–water partition coefficient (Wildman–Crippen LogP) is 2.58. The van der Waals surface area contributed by atoms with Gasteiger partial charge in [0.15, 0.2) is 5.65 Å². The number of halogens is 3. The molecule has 0 bridgehead atoms. The number of nitrogens with two attached hydrogens (primary N) is 1. The fourth-order valence-corrected chi connectivity index (χ4v) is 3.06. The van der Waals surface area contributed by atoms with E-state index in [1.54, 1.807) is 18.3 Å². The molecule has 0 aliphatic carbocycles. The number of aromatic amines is 1. The van der Waals surface area contributed by atoms with Crippen LogP contribution < -0.4 is 10.6 Å². The minimum Gasteiger partial charge on any atom is -0.355 e. The van der Waals surface area contributed by atoms with Crippen molar-refractivity contribution in [3.63, 3.8) is 0 Å².